The molecule has 0 bridgehead atoms. The van der Waals surface area contributed by atoms with Crippen LogP contribution < -0.4 is 5.73 Å². The van der Waals surface area contributed by atoms with Gasteiger partial charge in [0.25, 0.3) is 0 Å². The molecule has 1 saturated heterocycles. The Labute approximate surface area is 145 Å². The van der Waals surface area contributed by atoms with Crippen molar-refractivity contribution in [2.45, 2.75) is 45.6 Å². The van der Waals surface area contributed by atoms with Crippen LogP contribution in [0.25, 0.3) is 0 Å². The van der Waals surface area contributed by atoms with Gasteiger partial charge in [-0.2, -0.15) is 0 Å². The third kappa shape index (κ3) is 5.54. The molecule has 2 N–H and O–H groups in total. The van der Waals surface area contributed by atoms with Gasteiger partial charge in [0.15, 0.2) is 5.96 Å². The fraction of sp³-hybridized carbons (Fsp3) is 0.882. The van der Waals surface area contributed by atoms with Gasteiger partial charge in [0, 0.05) is 46.4 Å². The van der Waals surface area contributed by atoms with Crippen molar-refractivity contribution in [1.82, 2.24) is 9.80 Å². The molecule has 1 saturated carbocycles. The summed E-state index contributed by atoms with van der Waals surface area (Å²) >= 11 is 0. The zero-order valence-electron chi connectivity index (χ0n) is 15.5. The lowest BCUT2D eigenvalue weighted by Crippen LogP contribution is -2.53. The third-order valence-corrected chi connectivity index (χ3v) is 4.63. The number of hydrogen-bond donors (Lipinski definition) is 1. The van der Waals surface area contributed by atoms with Crippen LogP contribution in [0.3, 0.4) is 0 Å². The third-order valence-electron chi connectivity index (χ3n) is 4.63. The fourth-order valence-electron chi connectivity index (χ4n) is 2.78. The number of ether oxygens (including phenoxy) is 2. The Morgan fingerprint density at radius 3 is 2.25 bits per heavy atom. The minimum absolute atomic E-state index is 0.255. The molecule has 1 aliphatic carbocycles. The second kappa shape index (κ2) is 7.59. The van der Waals surface area contributed by atoms with E-state index in [1.165, 1.54) is 12.8 Å². The summed E-state index contributed by atoms with van der Waals surface area (Å²) in [5.41, 5.74) is 5.99. The predicted octanol–water partition coefficient (Wildman–Crippen LogP) is 1.67. The maximum Gasteiger partial charge on any atom is 0.410 e. The van der Waals surface area contributed by atoms with E-state index >= 15 is 0 Å². The summed E-state index contributed by atoms with van der Waals surface area (Å²) in [4.78, 5) is 20.4. The van der Waals surface area contributed by atoms with Gasteiger partial charge in [0.05, 0.1) is 0 Å². The first kappa shape index (κ1) is 18.8. The maximum absolute atomic E-state index is 12.1. The Hall–Kier alpha value is -1.50. The standard InChI is InChI=1S/C17H32N4O3/c1-16(2,3)24-15(22)21-10-8-20(9-11-21)14(18)19-13-17(5-6-17)7-12-23-4/h5-13H2,1-4H3,(H2,18,19). The summed E-state index contributed by atoms with van der Waals surface area (Å²) in [5, 5.41) is 0. The van der Waals surface area contributed by atoms with E-state index in [1.807, 2.05) is 25.7 Å². The topological polar surface area (TPSA) is 80.4 Å². The molecule has 138 valence electrons. The van der Waals surface area contributed by atoms with E-state index < -0.39 is 5.60 Å². The summed E-state index contributed by atoms with van der Waals surface area (Å²) in [6.07, 6.45) is 3.21. The van der Waals surface area contributed by atoms with Gasteiger partial charge >= 0.3 is 6.09 Å². The van der Waals surface area contributed by atoms with Crippen LogP contribution in [-0.2, 0) is 9.47 Å². The Kier molecular flexibility index (Phi) is 5.96. The number of piperazine rings is 1. The molecule has 0 spiro atoms. The number of nitrogens with two attached hydrogens (primary N) is 1. The van der Waals surface area contributed by atoms with E-state index in [4.69, 9.17) is 15.2 Å². The van der Waals surface area contributed by atoms with Gasteiger partial charge in [-0.25, -0.2) is 4.79 Å². The molecule has 7 nitrogen and oxygen atoms in total. The van der Waals surface area contributed by atoms with Crippen LogP contribution in [0.4, 0.5) is 4.79 Å². The Bertz CT molecular complexity index is 461. The van der Waals surface area contributed by atoms with E-state index in [2.05, 4.69) is 4.99 Å². The second-order valence-corrected chi connectivity index (χ2v) is 7.87. The van der Waals surface area contributed by atoms with Crippen LogP contribution in [0.1, 0.15) is 40.0 Å². The molecule has 0 aromatic carbocycles. The van der Waals surface area contributed by atoms with E-state index in [0.717, 1.165) is 19.6 Å². The number of amides is 1. The van der Waals surface area contributed by atoms with Crippen molar-refractivity contribution in [3.8, 4) is 0 Å². The maximum atomic E-state index is 12.1. The molecular weight excluding hydrogens is 308 g/mol. The molecule has 0 radical (unpaired) electrons. The molecule has 0 atom stereocenters. The Balaban J connectivity index is 1.77. The van der Waals surface area contributed by atoms with E-state index in [-0.39, 0.29) is 6.09 Å². The summed E-state index contributed by atoms with van der Waals surface area (Å²) in [6.45, 7) is 9.80. The fourth-order valence-corrected chi connectivity index (χ4v) is 2.78. The summed E-state index contributed by atoms with van der Waals surface area (Å²) in [7, 11) is 1.73. The molecule has 2 fully saturated rings. The monoisotopic (exact) mass is 340 g/mol. The largest absolute Gasteiger partial charge is 0.444 e. The number of guanidine groups is 1. The highest BCUT2D eigenvalue weighted by Crippen LogP contribution is 2.48. The zero-order chi connectivity index (χ0) is 17.8. The van der Waals surface area contributed by atoms with E-state index in [0.29, 0.717) is 37.6 Å². The van der Waals surface area contributed by atoms with Crippen LogP contribution in [0, 0.1) is 5.41 Å². The normalized spacial score (nSPS) is 20.9. The van der Waals surface area contributed by atoms with Crippen LogP contribution in [0.2, 0.25) is 0 Å². The molecule has 1 heterocycles. The number of aliphatic imine (C=N–C) groups is 1. The highest BCUT2D eigenvalue weighted by atomic mass is 16.6. The molecule has 7 heteroatoms. The minimum Gasteiger partial charge on any atom is -0.444 e. The molecule has 0 unspecified atom stereocenters. The van der Waals surface area contributed by atoms with Gasteiger partial charge in [0.1, 0.15) is 5.60 Å². The molecule has 24 heavy (non-hydrogen) atoms. The number of nitrogens with zero attached hydrogens (tertiary/aromatic N) is 3. The van der Waals surface area contributed by atoms with Crippen LogP contribution >= 0.6 is 0 Å². The zero-order valence-corrected chi connectivity index (χ0v) is 15.5. The second-order valence-electron chi connectivity index (χ2n) is 7.87. The summed E-state index contributed by atoms with van der Waals surface area (Å²) in [6, 6.07) is 0. The average Bonchev–Trinajstić information content (AvgIpc) is 3.29. The molecule has 2 rings (SSSR count). The van der Waals surface area contributed by atoms with Gasteiger partial charge in [-0.1, -0.05) is 0 Å². The first-order valence-electron chi connectivity index (χ1n) is 8.76. The molecule has 2 aliphatic rings. The van der Waals surface area contributed by atoms with Gasteiger partial charge in [-0.15, -0.1) is 0 Å². The average molecular weight is 340 g/mol. The molecule has 0 aromatic rings. The van der Waals surface area contributed by atoms with Crippen molar-refractivity contribution in [2.75, 3.05) is 46.4 Å². The molecular formula is C17H32N4O3. The van der Waals surface area contributed by atoms with Crippen molar-refractivity contribution in [2.24, 2.45) is 16.1 Å². The number of hydrogen-bond acceptors (Lipinski definition) is 4. The van der Waals surface area contributed by atoms with Crippen molar-refractivity contribution in [3.63, 3.8) is 0 Å². The van der Waals surface area contributed by atoms with Gasteiger partial charge in [-0.3, -0.25) is 4.99 Å². The number of carbonyl (C=O) groups is 1. The first-order chi connectivity index (χ1) is 11.2. The lowest BCUT2D eigenvalue weighted by atomic mass is 10.0. The first-order valence-corrected chi connectivity index (χ1v) is 8.76. The SMILES string of the molecule is COCCC1(CN=C(N)N2CCN(C(=O)OC(C)(C)C)CC2)CC1. The highest BCUT2D eigenvalue weighted by Gasteiger charge is 2.42. The minimum atomic E-state index is -0.463. The lowest BCUT2D eigenvalue weighted by Gasteiger charge is -2.36. The van der Waals surface area contributed by atoms with Crippen molar-refractivity contribution in [3.05, 3.63) is 0 Å². The Morgan fingerprint density at radius 1 is 1.17 bits per heavy atom. The lowest BCUT2D eigenvalue weighted by molar-refractivity contribution is 0.0186. The van der Waals surface area contributed by atoms with Crippen molar-refractivity contribution in [1.29, 1.82) is 0 Å². The summed E-state index contributed by atoms with van der Waals surface area (Å²) in [5.74, 6) is 0.586. The van der Waals surface area contributed by atoms with Crippen LogP contribution in [0.5, 0.6) is 0 Å². The summed E-state index contributed by atoms with van der Waals surface area (Å²) < 4.78 is 10.6. The number of rotatable bonds is 5. The molecule has 1 amide bonds. The highest BCUT2D eigenvalue weighted by molar-refractivity contribution is 5.78. The van der Waals surface area contributed by atoms with Crippen molar-refractivity contribution >= 4 is 12.1 Å². The predicted molar refractivity (Wildman–Crippen MR) is 94.0 cm³/mol. The number of methoxy groups -OCH3 is 1. The molecule has 0 aromatic heterocycles. The van der Waals surface area contributed by atoms with Crippen LogP contribution in [-0.4, -0.2) is 73.9 Å². The van der Waals surface area contributed by atoms with Gasteiger partial charge in [0.2, 0.25) is 0 Å². The van der Waals surface area contributed by atoms with Crippen LogP contribution in [0.15, 0.2) is 4.99 Å². The molecule has 1 aliphatic heterocycles. The van der Waals surface area contributed by atoms with E-state index in [9.17, 15) is 4.79 Å². The quantitative estimate of drug-likeness (QED) is 0.608. The number of carbonyl (C=O) groups excluding carboxylic acids is 1. The Morgan fingerprint density at radius 2 is 1.75 bits per heavy atom. The van der Waals surface area contributed by atoms with E-state index in [1.54, 1.807) is 12.0 Å². The van der Waals surface area contributed by atoms with Crippen molar-refractivity contribution < 1.29 is 14.3 Å². The van der Waals surface area contributed by atoms with Gasteiger partial charge in [-0.05, 0) is 45.4 Å². The smallest absolute Gasteiger partial charge is 0.410 e. The van der Waals surface area contributed by atoms with Gasteiger partial charge < -0.3 is 25.0 Å².